The Morgan fingerprint density at radius 3 is 2.90 bits per heavy atom. The van der Waals surface area contributed by atoms with E-state index in [9.17, 15) is 4.79 Å². The Bertz CT molecular complexity index is 660. The van der Waals surface area contributed by atoms with Crippen molar-refractivity contribution < 1.29 is 9.90 Å². The molecule has 1 aromatic heterocycles. The standard InChI is InChI=1S/C16H20N2O2S/c1-11-5-4-8-13-15(11)18(9-12-6-2-3-7-12)16(17-13)21-10-14(19)20/h4-5,8,12H,2-3,6-7,9-10H2,1H3,(H,19,20). The van der Waals surface area contributed by atoms with Crippen LogP contribution in [-0.2, 0) is 11.3 Å². The fourth-order valence-electron chi connectivity index (χ4n) is 3.20. The van der Waals surface area contributed by atoms with E-state index in [1.54, 1.807) is 0 Å². The van der Waals surface area contributed by atoms with Gasteiger partial charge in [0.1, 0.15) is 0 Å². The van der Waals surface area contributed by atoms with Crippen molar-refractivity contribution in [2.24, 2.45) is 5.92 Å². The van der Waals surface area contributed by atoms with Crippen LogP contribution in [0.15, 0.2) is 23.4 Å². The zero-order chi connectivity index (χ0) is 14.8. The third-order valence-electron chi connectivity index (χ3n) is 4.17. The number of hydrogen-bond acceptors (Lipinski definition) is 3. The Morgan fingerprint density at radius 2 is 2.19 bits per heavy atom. The van der Waals surface area contributed by atoms with Crippen molar-refractivity contribution in [3.63, 3.8) is 0 Å². The molecule has 1 saturated carbocycles. The highest BCUT2D eigenvalue weighted by molar-refractivity contribution is 7.99. The number of carbonyl (C=O) groups is 1. The van der Waals surface area contributed by atoms with Gasteiger partial charge in [-0.15, -0.1) is 0 Å². The minimum absolute atomic E-state index is 0.0625. The second-order valence-electron chi connectivity index (χ2n) is 5.78. The zero-order valence-corrected chi connectivity index (χ0v) is 13.0. The molecule has 0 bridgehead atoms. The molecule has 2 aromatic rings. The Balaban J connectivity index is 1.98. The lowest BCUT2D eigenvalue weighted by molar-refractivity contribution is -0.133. The third-order valence-corrected chi connectivity index (χ3v) is 5.13. The van der Waals surface area contributed by atoms with Crippen molar-refractivity contribution in [2.45, 2.75) is 44.3 Å². The molecule has 1 aromatic carbocycles. The zero-order valence-electron chi connectivity index (χ0n) is 12.2. The minimum atomic E-state index is -0.795. The van der Waals surface area contributed by atoms with Crippen molar-refractivity contribution >= 4 is 28.8 Å². The van der Waals surface area contributed by atoms with Crippen LogP contribution in [-0.4, -0.2) is 26.4 Å². The number of carboxylic acid groups (broad SMARTS) is 1. The van der Waals surface area contributed by atoms with Crippen LogP contribution in [0.4, 0.5) is 0 Å². The van der Waals surface area contributed by atoms with Gasteiger partial charge < -0.3 is 9.67 Å². The van der Waals surface area contributed by atoms with Gasteiger partial charge in [0.15, 0.2) is 5.16 Å². The Kier molecular flexibility index (Phi) is 4.19. The summed E-state index contributed by atoms with van der Waals surface area (Å²) in [6.07, 6.45) is 5.17. The van der Waals surface area contributed by atoms with E-state index in [-0.39, 0.29) is 5.75 Å². The number of benzene rings is 1. The number of aliphatic carboxylic acids is 1. The summed E-state index contributed by atoms with van der Waals surface area (Å²) in [5.41, 5.74) is 3.35. The molecule has 0 amide bonds. The van der Waals surface area contributed by atoms with Gasteiger partial charge in [0.05, 0.1) is 16.8 Å². The summed E-state index contributed by atoms with van der Waals surface area (Å²) in [4.78, 5) is 15.5. The number of fused-ring (bicyclic) bond motifs is 1. The number of rotatable bonds is 5. The molecule has 3 rings (SSSR count). The summed E-state index contributed by atoms with van der Waals surface area (Å²) >= 11 is 1.33. The second-order valence-corrected chi connectivity index (χ2v) is 6.72. The maximum Gasteiger partial charge on any atom is 0.313 e. The average Bonchev–Trinajstić information content (AvgIpc) is 3.06. The first-order valence-corrected chi connectivity index (χ1v) is 8.44. The predicted octanol–water partition coefficient (Wildman–Crippen LogP) is 3.71. The van der Waals surface area contributed by atoms with E-state index in [2.05, 4.69) is 22.5 Å². The number of nitrogens with zero attached hydrogens (tertiary/aromatic N) is 2. The molecule has 0 saturated heterocycles. The van der Waals surface area contributed by atoms with E-state index in [0.29, 0.717) is 5.92 Å². The van der Waals surface area contributed by atoms with Crippen LogP contribution in [0.3, 0.4) is 0 Å². The topological polar surface area (TPSA) is 55.1 Å². The lowest BCUT2D eigenvalue weighted by atomic mass is 10.1. The molecule has 21 heavy (non-hydrogen) atoms. The van der Waals surface area contributed by atoms with Crippen LogP contribution >= 0.6 is 11.8 Å². The minimum Gasteiger partial charge on any atom is -0.481 e. The van der Waals surface area contributed by atoms with E-state index in [4.69, 9.17) is 5.11 Å². The van der Waals surface area contributed by atoms with Crippen molar-refractivity contribution in [3.8, 4) is 0 Å². The number of aromatic nitrogens is 2. The van der Waals surface area contributed by atoms with Gasteiger partial charge in [0, 0.05) is 6.54 Å². The van der Waals surface area contributed by atoms with E-state index in [0.717, 1.165) is 22.7 Å². The number of hydrogen-bond donors (Lipinski definition) is 1. The monoisotopic (exact) mass is 304 g/mol. The van der Waals surface area contributed by atoms with Crippen LogP contribution in [0.2, 0.25) is 0 Å². The van der Waals surface area contributed by atoms with Crippen molar-refractivity contribution in [3.05, 3.63) is 23.8 Å². The average molecular weight is 304 g/mol. The molecule has 4 nitrogen and oxygen atoms in total. The van der Waals surface area contributed by atoms with E-state index < -0.39 is 5.97 Å². The lowest BCUT2D eigenvalue weighted by Crippen LogP contribution is -2.10. The summed E-state index contributed by atoms with van der Waals surface area (Å²) in [6, 6.07) is 6.12. The second kappa shape index (κ2) is 6.10. The van der Waals surface area contributed by atoms with Gasteiger partial charge in [-0.2, -0.15) is 0 Å². The molecule has 0 spiro atoms. The van der Waals surface area contributed by atoms with E-state index in [1.165, 1.54) is 43.0 Å². The number of imidazole rings is 1. The maximum absolute atomic E-state index is 10.9. The van der Waals surface area contributed by atoms with Crippen LogP contribution in [0.1, 0.15) is 31.2 Å². The highest BCUT2D eigenvalue weighted by Gasteiger charge is 2.20. The molecule has 1 N–H and O–H groups in total. The van der Waals surface area contributed by atoms with Crippen LogP contribution in [0, 0.1) is 12.8 Å². The molecular weight excluding hydrogens is 284 g/mol. The normalized spacial score (nSPS) is 15.9. The first-order chi connectivity index (χ1) is 10.1. The highest BCUT2D eigenvalue weighted by atomic mass is 32.2. The number of thioether (sulfide) groups is 1. The van der Waals surface area contributed by atoms with Gasteiger partial charge in [-0.3, -0.25) is 4.79 Å². The molecule has 1 fully saturated rings. The lowest BCUT2D eigenvalue weighted by Gasteiger charge is -2.14. The van der Waals surface area contributed by atoms with Gasteiger partial charge in [0.2, 0.25) is 0 Å². The quantitative estimate of drug-likeness (QED) is 0.856. The molecule has 0 atom stereocenters. The number of aryl methyl sites for hydroxylation is 1. The Morgan fingerprint density at radius 1 is 1.43 bits per heavy atom. The molecule has 0 unspecified atom stereocenters. The molecule has 112 valence electrons. The fraction of sp³-hybridized carbons (Fsp3) is 0.500. The van der Waals surface area contributed by atoms with Crippen molar-refractivity contribution in [1.29, 1.82) is 0 Å². The first-order valence-electron chi connectivity index (χ1n) is 7.45. The van der Waals surface area contributed by atoms with E-state index >= 15 is 0 Å². The van der Waals surface area contributed by atoms with Crippen LogP contribution in [0.5, 0.6) is 0 Å². The summed E-state index contributed by atoms with van der Waals surface area (Å²) in [5.74, 6) is -0.0325. The summed E-state index contributed by atoms with van der Waals surface area (Å²) in [5, 5.41) is 9.76. The SMILES string of the molecule is Cc1cccc2nc(SCC(=O)O)n(CC3CCCC3)c12. The maximum atomic E-state index is 10.9. The van der Waals surface area contributed by atoms with Gasteiger partial charge in [-0.1, -0.05) is 36.7 Å². The van der Waals surface area contributed by atoms with Gasteiger partial charge >= 0.3 is 5.97 Å². The largest absolute Gasteiger partial charge is 0.481 e. The molecule has 0 radical (unpaired) electrons. The Labute approximate surface area is 128 Å². The predicted molar refractivity (Wildman–Crippen MR) is 84.8 cm³/mol. The summed E-state index contributed by atoms with van der Waals surface area (Å²) in [7, 11) is 0. The molecule has 5 heteroatoms. The third kappa shape index (κ3) is 3.07. The first kappa shape index (κ1) is 14.4. The Hall–Kier alpha value is -1.49. The van der Waals surface area contributed by atoms with Gasteiger partial charge in [-0.05, 0) is 37.3 Å². The molecule has 0 aliphatic heterocycles. The molecule has 1 aliphatic carbocycles. The van der Waals surface area contributed by atoms with Crippen molar-refractivity contribution in [1.82, 2.24) is 9.55 Å². The smallest absolute Gasteiger partial charge is 0.313 e. The number of para-hydroxylation sites is 1. The molecular formula is C16H20N2O2S. The van der Waals surface area contributed by atoms with Crippen molar-refractivity contribution in [2.75, 3.05) is 5.75 Å². The van der Waals surface area contributed by atoms with Gasteiger partial charge in [-0.25, -0.2) is 4.98 Å². The summed E-state index contributed by atoms with van der Waals surface area (Å²) in [6.45, 7) is 3.06. The van der Waals surface area contributed by atoms with E-state index in [1.807, 2.05) is 12.1 Å². The highest BCUT2D eigenvalue weighted by Crippen LogP contribution is 2.32. The van der Waals surface area contributed by atoms with Crippen LogP contribution < -0.4 is 0 Å². The summed E-state index contributed by atoms with van der Waals surface area (Å²) < 4.78 is 2.24. The van der Waals surface area contributed by atoms with Crippen LogP contribution in [0.25, 0.3) is 11.0 Å². The molecule has 1 heterocycles. The number of carboxylic acids is 1. The molecule has 1 aliphatic rings. The van der Waals surface area contributed by atoms with Gasteiger partial charge in [0.25, 0.3) is 0 Å². The fourth-order valence-corrected chi connectivity index (χ4v) is 3.94.